The first kappa shape index (κ1) is 19.9. The molecule has 0 aliphatic rings. The summed E-state index contributed by atoms with van der Waals surface area (Å²) in [5.74, 6) is 0.865. The number of benzene rings is 1. The van der Waals surface area contributed by atoms with E-state index >= 15 is 0 Å². The first-order valence-electron chi connectivity index (χ1n) is 8.65. The fraction of sp³-hybridized carbons (Fsp3) is 0.474. The van der Waals surface area contributed by atoms with Crippen molar-refractivity contribution in [2.75, 3.05) is 19.6 Å². The van der Waals surface area contributed by atoms with Crippen LogP contribution in [0.15, 0.2) is 34.0 Å². The predicted octanol–water partition coefficient (Wildman–Crippen LogP) is 4.20. The Labute approximate surface area is 159 Å². The van der Waals surface area contributed by atoms with Gasteiger partial charge in [0.15, 0.2) is 0 Å². The maximum Gasteiger partial charge on any atom is 0.251 e. The Morgan fingerprint density at radius 2 is 2.04 bits per heavy atom. The maximum absolute atomic E-state index is 12.2. The van der Waals surface area contributed by atoms with E-state index in [9.17, 15) is 4.79 Å². The van der Waals surface area contributed by atoms with Gasteiger partial charge in [0.05, 0.1) is 0 Å². The first-order chi connectivity index (χ1) is 12.0. The number of hydrogen-bond acceptors (Lipinski definition) is 5. The third kappa shape index (κ3) is 6.45. The lowest BCUT2D eigenvalue weighted by molar-refractivity contribution is 0.0946. The number of hydrogen-bond donors (Lipinski definition) is 1. The zero-order valence-electron chi connectivity index (χ0n) is 15.4. The Bertz CT molecular complexity index is 668. The summed E-state index contributed by atoms with van der Waals surface area (Å²) in [6.45, 7) is 11.1. The largest absolute Gasteiger partial charge is 0.351 e. The monoisotopic (exact) mass is 377 g/mol. The van der Waals surface area contributed by atoms with Gasteiger partial charge in [-0.2, -0.15) is 0 Å². The number of aromatic nitrogens is 1. The number of thiazole rings is 1. The van der Waals surface area contributed by atoms with Gasteiger partial charge in [0.2, 0.25) is 0 Å². The first-order valence-corrected chi connectivity index (χ1v) is 10.5. The van der Waals surface area contributed by atoms with Gasteiger partial charge in [-0.15, -0.1) is 11.3 Å². The number of likely N-dealkylation sites (N-methyl/N-ethyl adjacent to an activating group) is 1. The minimum atomic E-state index is -0.00504. The molecule has 4 nitrogen and oxygen atoms in total. The van der Waals surface area contributed by atoms with Crippen LogP contribution in [-0.4, -0.2) is 41.5 Å². The van der Waals surface area contributed by atoms with E-state index < -0.39 is 0 Å². The third-order valence-electron chi connectivity index (χ3n) is 4.00. The fourth-order valence-electron chi connectivity index (χ4n) is 2.49. The molecule has 1 aromatic carbocycles. The number of carbonyl (C=O) groups is 1. The SMILES string of the molecule is CCN(CCNC(=O)c1ccc(CSc2nc(C)cs2)cc1)C(C)C. The quantitative estimate of drug-likeness (QED) is 0.665. The molecule has 0 fully saturated rings. The molecule has 1 aromatic heterocycles. The molecule has 2 aromatic rings. The number of amides is 1. The molecule has 0 aliphatic carbocycles. The van der Waals surface area contributed by atoms with Gasteiger partial charge in [-0.1, -0.05) is 30.8 Å². The molecule has 0 aliphatic heterocycles. The summed E-state index contributed by atoms with van der Waals surface area (Å²) in [5, 5.41) is 5.07. The van der Waals surface area contributed by atoms with Gasteiger partial charge in [0, 0.05) is 41.5 Å². The van der Waals surface area contributed by atoms with Crippen molar-refractivity contribution in [1.29, 1.82) is 0 Å². The van der Waals surface area contributed by atoms with Crippen LogP contribution in [0, 0.1) is 6.92 Å². The van der Waals surface area contributed by atoms with Gasteiger partial charge in [-0.25, -0.2) is 4.98 Å². The molecule has 0 bridgehead atoms. The van der Waals surface area contributed by atoms with Crippen LogP contribution in [0.4, 0.5) is 0 Å². The van der Waals surface area contributed by atoms with Crippen molar-refractivity contribution in [2.45, 2.75) is 43.8 Å². The summed E-state index contributed by atoms with van der Waals surface area (Å²) in [7, 11) is 0. The van der Waals surface area contributed by atoms with Crippen LogP contribution >= 0.6 is 23.1 Å². The molecule has 1 amide bonds. The zero-order chi connectivity index (χ0) is 18.2. The third-order valence-corrected chi connectivity index (χ3v) is 6.21. The number of nitrogens with one attached hydrogen (secondary N) is 1. The average Bonchev–Trinajstić information content (AvgIpc) is 3.02. The zero-order valence-corrected chi connectivity index (χ0v) is 17.0. The highest BCUT2D eigenvalue weighted by molar-refractivity contribution is 8.00. The Morgan fingerprint density at radius 1 is 1.32 bits per heavy atom. The van der Waals surface area contributed by atoms with Crippen molar-refractivity contribution in [3.8, 4) is 0 Å². The summed E-state index contributed by atoms with van der Waals surface area (Å²) >= 11 is 3.41. The molecule has 0 saturated heterocycles. The highest BCUT2D eigenvalue weighted by atomic mass is 32.2. The second-order valence-electron chi connectivity index (χ2n) is 6.22. The minimum Gasteiger partial charge on any atom is -0.351 e. The minimum absolute atomic E-state index is 0.00504. The van der Waals surface area contributed by atoms with Gasteiger partial charge >= 0.3 is 0 Å². The van der Waals surface area contributed by atoms with Gasteiger partial charge < -0.3 is 5.32 Å². The molecule has 0 radical (unpaired) electrons. The van der Waals surface area contributed by atoms with E-state index in [1.54, 1.807) is 23.1 Å². The van der Waals surface area contributed by atoms with Crippen molar-refractivity contribution in [3.05, 3.63) is 46.5 Å². The second-order valence-corrected chi connectivity index (χ2v) is 8.30. The summed E-state index contributed by atoms with van der Waals surface area (Å²) in [4.78, 5) is 19.0. The standard InChI is InChI=1S/C19H27N3OS2/c1-5-22(14(2)3)11-10-20-18(23)17-8-6-16(7-9-17)13-25-19-21-15(4)12-24-19/h6-9,12,14H,5,10-11,13H2,1-4H3,(H,20,23). The molecule has 6 heteroatoms. The highest BCUT2D eigenvalue weighted by Gasteiger charge is 2.09. The van der Waals surface area contributed by atoms with E-state index in [2.05, 4.69) is 41.4 Å². The highest BCUT2D eigenvalue weighted by Crippen LogP contribution is 2.26. The van der Waals surface area contributed by atoms with Crippen molar-refractivity contribution in [2.24, 2.45) is 0 Å². The molecular weight excluding hydrogens is 350 g/mol. The van der Waals surface area contributed by atoms with Gasteiger partial charge in [0.25, 0.3) is 5.91 Å². The Kier molecular flexibility index (Phi) is 7.93. The molecule has 136 valence electrons. The number of carbonyl (C=O) groups excluding carboxylic acids is 1. The van der Waals surface area contributed by atoms with Crippen LogP contribution in [0.2, 0.25) is 0 Å². The normalized spacial score (nSPS) is 11.3. The summed E-state index contributed by atoms with van der Waals surface area (Å²) in [6, 6.07) is 8.35. The van der Waals surface area contributed by atoms with Crippen LogP contribution in [-0.2, 0) is 5.75 Å². The van der Waals surface area contributed by atoms with Crippen LogP contribution < -0.4 is 5.32 Å². The van der Waals surface area contributed by atoms with Crippen molar-refractivity contribution in [1.82, 2.24) is 15.2 Å². The molecule has 1 N–H and O–H groups in total. The van der Waals surface area contributed by atoms with Crippen LogP contribution in [0.3, 0.4) is 0 Å². The van der Waals surface area contributed by atoms with E-state index in [1.165, 1.54) is 5.56 Å². The second kappa shape index (κ2) is 9.94. The van der Waals surface area contributed by atoms with Crippen LogP contribution in [0.1, 0.15) is 42.4 Å². The van der Waals surface area contributed by atoms with E-state index in [4.69, 9.17) is 0 Å². The van der Waals surface area contributed by atoms with Crippen LogP contribution in [0.5, 0.6) is 0 Å². The molecule has 0 atom stereocenters. The lowest BCUT2D eigenvalue weighted by atomic mass is 10.1. The summed E-state index contributed by atoms with van der Waals surface area (Å²) < 4.78 is 1.09. The topological polar surface area (TPSA) is 45.2 Å². The number of aryl methyl sites for hydroxylation is 1. The Balaban J connectivity index is 1.79. The number of thioether (sulfide) groups is 1. The lowest BCUT2D eigenvalue weighted by Gasteiger charge is -2.24. The predicted molar refractivity (Wildman–Crippen MR) is 108 cm³/mol. The van der Waals surface area contributed by atoms with E-state index in [0.29, 0.717) is 18.2 Å². The number of nitrogens with zero attached hydrogens (tertiary/aromatic N) is 2. The van der Waals surface area contributed by atoms with Crippen molar-refractivity contribution < 1.29 is 4.79 Å². The van der Waals surface area contributed by atoms with Crippen molar-refractivity contribution >= 4 is 29.0 Å². The molecule has 2 rings (SSSR count). The molecule has 1 heterocycles. The molecular formula is C19H27N3OS2. The number of rotatable bonds is 9. The molecule has 25 heavy (non-hydrogen) atoms. The van der Waals surface area contributed by atoms with E-state index in [1.807, 2.05) is 31.2 Å². The molecule has 0 saturated carbocycles. The van der Waals surface area contributed by atoms with Gasteiger partial charge in [0.1, 0.15) is 4.34 Å². The van der Waals surface area contributed by atoms with Gasteiger partial charge in [-0.05, 0) is 45.0 Å². The molecule has 0 spiro atoms. The fourth-order valence-corrected chi connectivity index (χ4v) is 4.30. The maximum atomic E-state index is 12.2. The van der Waals surface area contributed by atoms with E-state index in [-0.39, 0.29) is 5.91 Å². The lowest BCUT2D eigenvalue weighted by Crippen LogP contribution is -2.38. The van der Waals surface area contributed by atoms with E-state index in [0.717, 1.165) is 28.9 Å². The average molecular weight is 378 g/mol. The Morgan fingerprint density at radius 3 is 2.60 bits per heavy atom. The molecule has 0 unspecified atom stereocenters. The smallest absolute Gasteiger partial charge is 0.251 e. The van der Waals surface area contributed by atoms with Gasteiger partial charge in [-0.3, -0.25) is 9.69 Å². The van der Waals surface area contributed by atoms with Crippen molar-refractivity contribution in [3.63, 3.8) is 0 Å². The van der Waals surface area contributed by atoms with Crippen LogP contribution in [0.25, 0.3) is 0 Å². The summed E-state index contributed by atoms with van der Waals surface area (Å²) in [5.41, 5.74) is 2.98. The summed E-state index contributed by atoms with van der Waals surface area (Å²) in [6.07, 6.45) is 0. The Hall–Kier alpha value is -1.37.